The number of ether oxygens (including phenoxy) is 1. The van der Waals surface area contributed by atoms with Crippen LogP contribution in [0, 0.1) is 23.2 Å². The van der Waals surface area contributed by atoms with Gasteiger partial charge in [-0.15, -0.1) is 0 Å². The summed E-state index contributed by atoms with van der Waals surface area (Å²) in [6.45, 7) is 5.58. The molecule has 3 fully saturated rings. The summed E-state index contributed by atoms with van der Waals surface area (Å²) in [6.07, 6.45) is 8.99. The van der Waals surface area contributed by atoms with Crippen molar-refractivity contribution in [3.63, 3.8) is 0 Å². The summed E-state index contributed by atoms with van der Waals surface area (Å²) in [5.74, 6) is 1.21. The van der Waals surface area contributed by atoms with Crippen LogP contribution < -0.4 is 0 Å². The number of likely N-dealkylation sites (tertiary alicyclic amines) is 2. The first-order chi connectivity index (χ1) is 14.7. The van der Waals surface area contributed by atoms with Crippen molar-refractivity contribution in [1.29, 1.82) is 5.26 Å². The van der Waals surface area contributed by atoms with Crippen molar-refractivity contribution in [1.82, 2.24) is 9.80 Å². The maximum Gasteiger partial charge on any atom is 0.226 e. The van der Waals surface area contributed by atoms with E-state index < -0.39 is 0 Å². The summed E-state index contributed by atoms with van der Waals surface area (Å²) >= 11 is 0. The van der Waals surface area contributed by atoms with Crippen LogP contribution in [-0.4, -0.2) is 54.6 Å². The summed E-state index contributed by atoms with van der Waals surface area (Å²) < 4.78 is 5.49. The van der Waals surface area contributed by atoms with E-state index in [1.165, 1.54) is 37.7 Å². The van der Waals surface area contributed by atoms with Crippen molar-refractivity contribution in [2.75, 3.05) is 32.8 Å². The van der Waals surface area contributed by atoms with E-state index in [-0.39, 0.29) is 5.92 Å². The lowest BCUT2D eigenvalue weighted by Crippen LogP contribution is -2.50. The predicted octanol–water partition coefficient (Wildman–Crippen LogP) is 3.97. The molecule has 3 aliphatic heterocycles. The molecule has 0 aliphatic carbocycles. The summed E-state index contributed by atoms with van der Waals surface area (Å²) in [5.41, 5.74) is 2.00. The van der Waals surface area contributed by atoms with Gasteiger partial charge in [-0.1, -0.05) is 25.0 Å². The van der Waals surface area contributed by atoms with Gasteiger partial charge in [0.1, 0.15) is 0 Å². The SMILES string of the molecule is N#Cc1ccc(CN2CCC([C@@H]3CCCCCN3C(=O)C3CCOCC3)CC2)cc1. The van der Waals surface area contributed by atoms with Gasteiger partial charge in [-0.25, -0.2) is 0 Å². The molecule has 30 heavy (non-hydrogen) atoms. The first-order valence-corrected chi connectivity index (χ1v) is 11.8. The minimum Gasteiger partial charge on any atom is -0.381 e. The molecule has 3 saturated heterocycles. The smallest absolute Gasteiger partial charge is 0.226 e. The maximum atomic E-state index is 13.4. The van der Waals surface area contributed by atoms with Crippen LogP contribution in [0.25, 0.3) is 0 Å². The zero-order chi connectivity index (χ0) is 20.8. The molecule has 162 valence electrons. The monoisotopic (exact) mass is 409 g/mol. The molecule has 0 unspecified atom stereocenters. The number of hydrogen-bond donors (Lipinski definition) is 0. The Kier molecular flexibility index (Phi) is 7.41. The highest BCUT2D eigenvalue weighted by Crippen LogP contribution is 2.32. The van der Waals surface area contributed by atoms with Crippen LogP contribution in [0.15, 0.2) is 24.3 Å². The van der Waals surface area contributed by atoms with E-state index in [1.807, 2.05) is 12.1 Å². The molecule has 0 bridgehead atoms. The van der Waals surface area contributed by atoms with Gasteiger partial charge in [-0.05, 0) is 75.2 Å². The lowest BCUT2D eigenvalue weighted by atomic mass is 9.85. The summed E-state index contributed by atoms with van der Waals surface area (Å²) in [6, 6.07) is 10.6. The van der Waals surface area contributed by atoms with Crippen LogP contribution in [0.5, 0.6) is 0 Å². The molecule has 0 saturated carbocycles. The second-order valence-electron chi connectivity index (χ2n) is 9.26. The fourth-order valence-electron chi connectivity index (χ4n) is 5.52. The van der Waals surface area contributed by atoms with Gasteiger partial charge in [0.25, 0.3) is 0 Å². The number of nitriles is 1. The number of benzene rings is 1. The molecular formula is C25H35N3O2. The Hall–Kier alpha value is -1.90. The van der Waals surface area contributed by atoms with Crippen LogP contribution >= 0.6 is 0 Å². The molecule has 0 N–H and O–H groups in total. The molecule has 1 atom stereocenters. The number of amides is 1. The Balaban J connectivity index is 1.35. The molecule has 0 radical (unpaired) electrons. The molecule has 3 aliphatic rings. The Morgan fingerprint density at radius 3 is 2.40 bits per heavy atom. The minimum atomic E-state index is 0.177. The van der Waals surface area contributed by atoms with E-state index in [9.17, 15) is 4.79 Å². The fraction of sp³-hybridized carbons (Fsp3) is 0.680. The summed E-state index contributed by atoms with van der Waals surface area (Å²) in [7, 11) is 0. The van der Waals surface area contributed by atoms with Crippen LogP contribution in [0.1, 0.15) is 62.5 Å². The Morgan fingerprint density at radius 2 is 1.70 bits per heavy atom. The number of carbonyl (C=O) groups excluding carboxylic acids is 1. The van der Waals surface area contributed by atoms with Gasteiger partial charge < -0.3 is 9.64 Å². The molecule has 3 heterocycles. The summed E-state index contributed by atoms with van der Waals surface area (Å²) in [4.78, 5) is 18.2. The van der Waals surface area contributed by atoms with Crippen molar-refractivity contribution >= 4 is 5.91 Å². The normalized spacial score (nSPS) is 24.9. The number of carbonyl (C=O) groups is 1. The first kappa shape index (κ1) is 21.3. The predicted molar refractivity (Wildman–Crippen MR) is 117 cm³/mol. The number of piperidine rings is 1. The number of rotatable bonds is 4. The van der Waals surface area contributed by atoms with Gasteiger partial charge >= 0.3 is 0 Å². The van der Waals surface area contributed by atoms with Gasteiger partial charge in [0.15, 0.2) is 0 Å². The van der Waals surface area contributed by atoms with Crippen molar-refractivity contribution in [3.05, 3.63) is 35.4 Å². The Morgan fingerprint density at radius 1 is 0.967 bits per heavy atom. The molecule has 5 nitrogen and oxygen atoms in total. The average molecular weight is 410 g/mol. The third-order valence-corrected chi connectivity index (χ3v) is 7.32. The number of nitrogens with zero attached hydrogens (tertiary/aromatic N) is 3. The van der Waals surface area contributed by atoms with E-state index in [4.69, 9.17) is 10.00 Å². The van der Waals surface area contributed by atoms with Gasteiger partial charge in [0.2, 0.25) is 5.91 Å². The van der Waals surface area contributed by atoms with Crippen molar-refractivity contribution in [2.45, 2.75) is 64.0 Å². The molecule has 1 amide bonds. The van der Waals surface area contributed by atoms with Gasteiger partial charge in [-0.3, -0.25) is 9.69 Å². The van der Waals surface area contributed by atoms with Crippen molar-refractivity contribution in [3.8, 4) is 6.07 Å². The standard InChI is InChI=1S/C25H35N3O2/c26-18-20-5-7-21(8-6-20)19-27-14-9-22(10-15-27)24-4-2-1-3-13-28(24)25(29)23-11-16-30-17-12-23/h5-8,22-24H,1-4,9-17,19H2/t24-/m0/s1. The highest BCUT2D eigenvalue weighted by molar-refractivity contribution is 5.79. The second-order valence-corrected chi connectivity index (χ2v) is 9.26. The van der Waals surface area contributed by atoms with Crippen LogP contribution in [-0.2, 0) is 16.1 Å². The highest BCUT2D eigenvalue weighted by Gasteiger charge is 2.36. The second kappa shape index (κ2) is 10.4. The topological polar surface area (TPSA) is 56.6 Å². The van der Waals surface area contributed by atoms with Crippen LogP contribution in [0.4, 0.5) is 0 Å². The lowest BCUT2D eigenvalue weighted by Gasteiger charge is -2.42. The first-order valence-electron chi connectivity index (χ1n) is 11.8. The van der Waals surface area contributed by atoms with E-state index in [0.717, 1.165) is 64.2 Å². The van der Waals surface area contributed by atoms with Gasteiger partial charge in [0, 0.05) is 38.3 Å². The fourth-order valence-corrected chi connectivity index (χ4v) is 5.52. The number of hydrogen-bond acceptors (Lipinski definition) is 4. The zero-order valence-electron chi connectivity index (χ0n) is 18.1. The molecule has 5 heteroatoms. The third-order valence-electron chi connectivity index (χ3n) is 7.32. The van der Waals surface area contributed by atoms with E-state index in [1.54, 1.807) is 0 Å². The highest BCUT2D eigenvalue weighted by atomic mass is 16.5. The molecule has 4 rings (SSSR count). The average Bonchev–Trinajstić information content (AvgIpc) is 3.06. The van der Waals surface area contributed by atoms with Gasteiger partial charge in [-0.2, -0.15) is 5.26 Å². The van der Waals surface area contributed by atoms with E-state index in [0.29, 0.717) is 17.9 Å². The van der Waals surface area contributed by atoms with Crippen molar-refractivity contribution < 1.29 is 9.53 Å². The Labute approximate surface area is 181 Å². The zero-order valence-corrected chi connectivity index (χ0v) is 18.1. The largest absolute Gasteiger partial charge is 0.381 e. The molecule has 0 aromatic heterocycles. The van der Waals surface area contributed by atoms with E-state index >= 15 is 0 Å². The van der Waals surface area contributed by atoms with Gasteiger partial charge in [0.05, 0.1) is 11.6 Å². The van der Waals surface area contributed by atoms with Crippen LogP contribution in [0.3, 0.4) is 0 Å². The van der Waals surface area contributed by atoms with Crippen molar-refractivity contribution in [2.24, 2.45) is 11.8 Å². The molecular weight excluding hydrogens is 374 g/mol. The van der Waals surface area contributed by atoms with Crippen LogP contribution in [0.2, 0.25) is 0 Å². The third kappa shape index (κ3) is 5.22. The molecule has 1 aromatic rings. The Bertz CT molecular complexity index is 728. The minimum absolute atomic E-state index is 0.177. The maximum absolute atomic E-state index is 13.4. The molecule has 1 aromatic carbocycles. The summed E-state index contributed by atoms with van der Waals surface area (Å²) in [5, 5.41) is 8.97. The quantitative estimate of drug-likeness (QED) is 0.755. The van der Waals surface area contributed by atoms with E-state index in [2.05, 4.69) is 28.0 Å². The molecule has 0 spiro atoms. The lowest BCUT2D eigenvalue weighted by molar-refractivity contribution is -0.142.